The molecule has 2 unspecified atom stereocenters. The van der Waals surface area contributed by atoms with Gasteiger partial charge >= 0.3 is 17.9 Å². The number of carboxylic acid groups (broad SMARTS) is 1. The fourth-order valence-electron chi connectivity index (χ4n) is 6.86. The number of nitrogens with zero attached hydrogens (tertiary/aromatic N) is 1. The normalized spacial score (nSPS) is 13.0. The standard InChI is InChI=1S/C46H87NO7/c1-6-8-10-12-14-16-17-18-19-20-21-22-23-24-25-26-27-29-31-33-35-37-45(49)54-42(40-52-39-38-43(46(50)51)47(3,4)5)41-53-44(48)36-34-32-30-28-15-13-11-9-7-2/h28,30,42-43H,6-27,29,31-41H2,1-5H3/p+1/b30-28+. The van der Waals surface area contributed by atoms with Crippen LogP contribution in [0.4, 0.5) is 0 Å². The first-order chi connectivity index (χ1) is 26.1. The van der Waals surface area contributed by atoms with Crippen molar-refractivity contribution in [2.75, 3.05) is 41.0 Å². The number of esters is 2. The van der Waals surface area contributed by atoms with E-state index in [1.165, 1.54) is 141 Å². The van der Waals surface area contributed by atoms with Gasteiger partial charge < -0.3 is 23.8 Å². The van der Waals surface area contributed by atoms with Crippen LogP contribution in [0, 0.1) is 0 Å². The van der Waals surface area contributed by atoms with Crippen LogP contribution in [0.3, 0.4) is 0 Å². The van der Waals surface area contributed by atoms with Crippen molar-refractivity contribution in [1.29, 1.82) is 0 Å². The predicted molar refractivity (Wildman–Crippen MR) is 225 cm³/mol. The first kappa shape index (κ1) is 52.1. The van der Waals surface area contributed by atoms with Crippen molar-refractivity contribution >= 4 is 17.9 Å². The summed E-state index contributed by atoms with van der Waals surface area (Å²) in [6, 6.07) is -0.613. The van der Waals surface area contributed by atoms with Crippen LogP contribution >= 0.6 is 0 Å². The van der Waals surface area contributed by atoms with E-state index in [0.717, 1.165) is 32.1 Å². The molecule has 8 heteroatoms. The highest BCUT2D eigenvalue weighted by Gasteiger charge is 2.31. The monoisotopic (exact) mass is 767 g/mol. The van der Waals surface area contributed by atoms with Crippen LogP contribution in [-0.2, 0) is 28.6 Å². The number of rotatable bonds is 41. The summed E-state index contributed by atoms with van der Waals surface area (Å²) in [4.78, 5) is 36.8. The second kappa shape index (κ2) is 38.0. The number of unbranched alkanes of at least 4 members (excludes halogenated alkanes) is 25. The Morgan fingerprint density at radius 1 is 0.537 bits per heavy atom. The molecule has 0 fully saturated rings. The summed E-state index contributed by atoms with van der Waals surface area (Å²) >= 11 is 0. The molecule has 0 bridgehead atoms. The Labute approximate surface area is 333 Å². The second-order valence-electron chi connectivity index (χ2n) is 16.7. The fourth-order valence-corrected chi connectivity index (χ4v) is 6.86. The van der Waals surface area contributed by atoms with Gasteiger partial charge in [-0.1, -0.05) is 174 Å². The van der Waals surface area contributed by atoms with Gasteiger partial charge in [0.2, 0.25) is 0 Å². The minimum Gasteiger partial charge on any atom is -0.477 e. The number of carbonyl (C=O) groups is 3. The van der Waals surface area contributed by atoms with Crippen molar-refractivity contribution in [1.82, 2.24) is 0 Å². The van der Waals surface area contributed by atoms with Crippen LogP contribution in [0.25, 0.3) is 0 Å². The lowest BCUT2D eigenvalue weighted by molar-refractivity contribution is -0.887. The molecule has 1 N–H and O–H groups in total. The van der Waals surface area contributed by atoms with Crippen molar-refractivity contribution < 1.29 is 38.2 Å². The van der Waals surface area contributed by atoms with Crippen LogP contribution in [0.5, 0.6) is 0 Å². The highest BCUT2D eigenvalue weighted by molar-refractivity contribution is 5.72. The molecular formula is C46H88NO7+. The number of aliphatic carboxylic acids is 1. The molecule has 0 aromatic carbocycles. The van der Waals surface area contributed by atoms with Crippen molar-refractivity contribution in [3.05, 3.63) is 12.2 Å². The van der Waals surface area contributed by atoms with E-state index in [1.54, 1.807) is 0 Å². The molecule has 0 aromatic heterocycles. The third-order valence-electron chi connectivity index (χ3n) is 10.4. The number of carbonyl (C=O) groups excluding carboxylic acids is 2. The van der Waals surface area contributed by atoms with E-state index in [2.05, 4.69) is 26.0 Å². The first-order valence-electron chi connectivity index (χ1n) is 22.7. The van der Waals surface area contributed by atoms with Gasteiger partial charge in [0.15, 0.2) is 12.1 Å². The first-order valence-corrected chi connectivity index (χ1v) is 22.7. The number of carboxylic acids is 1. The summed E-state index contributed by atoms with van der Waals surface area (Å²) < 4.78 is 17.2. The van der Waals surface area contributed by atoms with Gasteiger partial charge in [0.05, 0.1) is 34.4 Å². The SMILES string of the molecule is CCCCCC/C=C/CCCC(=O)OCC(COCCC(C(=O)O)[N+](C)(C)C)OC(=O)CCCCCCCCCCCCCCCCCCCCCCC. The molecule has 0 rings (SSSR count). The van der Waals surface area contributed by atoms with Crippen LogP contribution in [-0.4, -0.2) is 80.6 Å². The molecule has 0 aliphatic rings. The van der Waals surface area contributed by atoms with Crippen LogP contribution in [0.15, 0.2) is 12.2 Å². The molecule has 0 saturated carbocycles. The van der Waals surface area contributed by atoms with Crippen molar-refractivity contribution in [3.8, 4) is 0 Å². The number of quaternary nitrogens is 1. The number of hydrogen-bond acceptors (Lipinski definition) is 6. The third kappa shape index (κ3) is 35.8. The van der Waals surface area contributed by atoms with E-state index in [9.17, 15) is 19.5 Å². The maximum atomic E-state index is 12.7. The zero-order chi connectivity index (χ0) is 40.0. The summed E-state index contributed by atoms with van der Waals surface area (Å²) in [5.41, 5.74) is 0. The number of ether oxygens (including phenoxy) is 3. The molecule has 8 nitrogen and oxygen atoms in total. The van der Waals surface area contributed by atoms with Gasteiger partial charge in [-0.15, -0.1) is 0 Å². The van der Waals surface area contributed by atoms with Crippen molar-refractivity contribution in [2.24, 2.45) is 0 Å². The van der Waals surface area contributed by atoms with Gasteiger partial charge in [0.25, 0.3) is 0 Å². The van der Waals surface area contributed by atoms with Gasteiger partial charge in [-0.05, 0) is 32.1 Å². The highest BCUT2D eigenvalue weighted by Crippen LogP contribution is 2.16. The molecule has 2 atom stereocenters. The molecule has 0 aromatic rings. The smallest absolute Gasteiger partial charge is 0.362 e. The van der Waals surface area contributed by atoms with Crippen molar-refractivity contribution in [3.63, 3.8) is 0 Å². The van der Waals surface area contributed by atoms with Gasteiger partial charge in [-0.25, -0.2) is 4.79 Å². The molecule has 0 aliphatic heterocycles. The predicted octanol–water partition coefficient (Wildman–Crippen LogP) is 12.3. The number of likely N-dealkylation sites (N-methyl/N-ethyl adjacent to an activating group) is 1. The highest BCUT2D eigenvalue weighted by atomic mass is 16.6. The maximum Gasteiger partial charge on any atom is 0.362 e. The van der Waals surface area contributed by atoms with Crippen molar-refractivity contribution in [2.45, 2.75) is 225 Å². The molecular weight excluding hydrogens is 679 g/mol. The molecule has 0 aliphatic carbocycles. The summed E-state index contributed by atoms with van der Waals surface area (Å²) in [6.45, 7) is 4.70. The third-order valence-corrected chi connectivity index (χ3v) is 10.4. The largest absolute Gasteiger partial charge is 0.477 e. The lowest BCUT2D eigenvalue weighted by Gasteiger charge is -2.31. The van der Waals surface area contributed by atoms with Gasteiger partial charge in [-0.2, -0.15) is 0 Å². The van der Waals surface area contributed by atoms with Crippen LogP contribution in [0.2, 0.25) is 0 Å². The lowest BCUT2D eigenvalue weighted by Crippen LogP contribution is -2.50. The minimum absolute atomic E-state index is 0.0581. The Morgan fingerprint density at radius 2 is 0.944 bits per heavy atom. The van der Waals surface area contributed by atoms with Gasteiger partial charge in [0.1, 0.15) is 6.61 Å². The van der Waals surface area contributed by atoms with Gasteiger partial charge in [0, 0.05) is 19.3 Å². The molecule has 0 saturated heterocycles. The second-order valence-corrected chi connectivity index (χ2v) is 16.7. The summed E-state index contributed by atoms with van der Waals surface area (Å²) in [7, 11) is 5.52. The fraction of sp³-hybridized carbons (Fsp3) is 0.891. The van der Waals surface area contributed by atoms with E-state index in [1.807, 2.05) is 21.1 Å². The van der Waals surface area contributed by atoms with Crippen LogP contribution in [0.1, 0.15) is 213 Å². The maximum absolute atomic E-state index is 12.7. The van der Waals surface area contributed by atoms with Crippen LogP contribution < -0.4 is 0 Å². The molecule has 0 heterocycles. The Kier molecular flexibility index (Phi) is 36.6. The Balaban J connectivity index is 4.19. The summed E-state index contributed by atoms with van der Waals surface area (Å²) in [5.74, 6) is -1.50. The average molecular weight is 767 g/mol. The molecule has 54 heavy (non-hydrogen) atoms. The Morgan fingerprint density at radius 3 is 1.39 bits per heavy atom. The minimum atomic E-state index is -0.876. The van der Waals surface area contributed by atoms with E-state index in [4.69, 9.17) is 14.2 Å². The summed E-state index contributed by atoms with van der Waals surface area (Å²) in [5, 5.41) is 9.60. The Bertz CT molecular complexity index is 900. The zero-order valence-corrected chi connectivity index (χ0v) is 36.2. The zero-order valence-electron chi connectivity index (χ0n) is 36.2. The number of hydrogen-bond donors (Lipinski definition) is 1. The molecule has 0 amide bonds. The topological polar surface area (TPSA) is 99.1 Å². The summed E-state index contributed by atoms with van der Waals surface area (Å²) in [6.07, 6.45) is 39.9. The van der Waals surface area contributed by atoms with E-state index >= 15 is 0 Å². The quantitative estimate of drug-likeness (QED) is 0.0286. The van der Waals surface area contributed by atoms with Gasteiger partial charge in [-0.3, -0.25) is 9.59 Å². The molecule has 0 spiro atoms. The van der Waals surface area contributed by atoms with E-state index < -0.39 is 18.1 Å². The lowest BCUT2D eigenvalue weighted by atomic mass is 10.0. The Hall–Kier alpha value is -1.93. The molecule has 318 valence electrons. The van der Waals surface area contributed by atoms with E-state index in [0.29, 0.717) is 25.7 Å². The average Bonchev–Trinajstić information content (AvgIpc) is 3.12. The molecule has 0 radical (unpaired) electrons. The number of allylic oxidation sites excluding steroid dienone is 2. The van der Waals surface area contributed by atoms with E-state index in [-0.39, 0.29) is 36.2 Å².